The number of benzene rings is 1. The van der Waals surface area contributed by atoms with Crippen molar-refractivity contribution < 1.29 is 43.8 Å². The number of Topliss-reactive ketones (excluding diaryl/α,β-unsaturated/α-hetero) is 1. The van der Waals surface area contributed by atoms with Crippen LogP contribution in [0.4, 0.5) is 0 Å². The molecule has 0 aliphatic rings. The van der Waals surface area contributed by atoms with Crippen LogP contribution in [-0.4, -0.2) is 120 Å². The van der Waals surface area contributed by atoms with Gasteiger partial charge in [0.2, 0.25) is 0 Å². The van der Waals surface area contributed by atoms with Crippen LogP contribution in [0.25, 0.3) is 10.9 Å². The molecule has 0 saturated carbocycles. The van der Waals surface area contributed by atoms with Gasteiger partial charge in [0.25, 0.3) is 23.6 Å². The molecule has 1 aromatic carbocycles. The molecule has 3 aromatic heterocycles. The molecular weight excluding hydrogens is 754 g/mol. The van der Waals surface area contributed by atoms with Crippen molar-refractivity contribution in [3.8, 4) is 0 Å². The molecule has 0 spiro atoms. The molecular formula is C38H51N11O9. The second-order valence-corrected chi connectivity index (χ2v) is 14.7. The minimum absolute atomic E-state index is 0.0670. The lowest BCUT2D eigenvalue weighted by molar-refractivity contribution is -0.145. The number of nitrogens with one attached hydrogen (secondary N) is 8. The number of carbonyl (C=O) groups excluding carboxylic acids is 5. The van der Waals surface area contributed by atoms with E-state index in [-0.39, 0.29) is 66.7 Å². The maximum absolute atomic E-state index is 13.9. The fraction of sp³-hybridized carbons (Fsp3) is 0.447. The van der Waals surface area contributed by atoms with Crippen molar-refractivity contribution >= 4 is 52.3 Å². The van der Waals surface area contributed by atoms with E-state index in [4.69, 9.17) is 10.8 Å². The van der Waals surface area contributed by atoms with Crippen LogP contribution in [0, 0.1) is 11.8 Å². The van der Waals surface area contributed by atoms with Crippen LogP contribution in [0.15, 0.2) is 43.1 Å². The maximum Gasteiger partial charge on any atom is 0.326 e. The number of aromatic nitrogens is 5. The Morgan fingerprint density at radius 1 is 0.724 bits per heavy atom. The predicted octanol–water partition coefficient (Wildman–Crippen LogP) is 0.720. The van der Waals surface area contributed by atoms with Gasteiger partial charge in [-0.2, -0.15) is 0 Å². The van der Waals surface area contributed by atoms with Crippen LogP contribution >= 0.6 is 0 Å². The minimum atomic E-state index is -1.76. The zero-order chi connectivity index (χ0) is 42.5. The number of fused-ring (bicyclic) bond motifs is 1. The van der Waals surface area contributed by atoms with Gasteiger partial charge in [-0.05, 0) is 36.3 Å². The maximum atomic E-state index is 13.9. The first-order valence-electron chi connectivity index (χ1n) is 18.8. The largest absolute Gasteiger partial charge is 0.481 e. The number of amides is 4. The van der Waals surface area contributed by atoms with Crippen LogP contribution in [-0.2, 0) is 20.8 Å². The summed E-state index contributed by atoms with van der Waals surface area (Å²) in [7, 11) is 0. The number of imidazole rings is 2. The number of aliphatic carboxylic acids is 2. The molecule has 0 fully saturated rings. The van der Waals surface area contributed by atoms with E-state index < -0.39 is 65.9 Å². The number of rotatable bonds is 23. The van der Waals surface area contributed by atoms with Crippen LogP contribution in [0.3, 0.4) is 0 Å². The molecule has 20 nitrogen and oxygen atoms in total. The normalized spacial score (nSPS) is 13.4. The number of carboxylic acid groups (broad SMARTS) is 2. The van der Waals surface area contributed by atoms with Crippen molar-refractivity contribution in [3.05, 3.63) is 71.5 Å². The Labute approximate surface area is 333 Å². The first-order valence-corrected chi connectivity index (χ1v) is 18.8. The second kappa shape index (κ2) is 20.7. The average Bonchev–Trinajstić information content (AvgIpc) is 3.94. The summed E-state index contributed by atoms with van der Waals surface area (Å²) in [6.07, 6.45) is 4.30. The summed E-state index contributed by atoms with van der Waals surface area (Å²) in [5.41, 5.74) is 6.46. The van der Waals surface area contributed by atoms with Gasteiger partial charge in [-0.25, -0.2) is 14.8 Å². The summed E-state index contributed by atoms with van der Waals surface area (Å²) in [6.45, 7) is 7.87. The highest BCUT2D eigenvalue weighted by atomic mass is 16.4. The number of hydrogen-bond donors (Lipinski definition) is 11. The molecule has 0 radical (unpaired) electrons. The van der Waals surface area contributed by atoms with E-state index in [0.29, 0.717) is 12.8 Å². The van der Waals surface area contributed by atoms with E-state index in [2.05, 4.69) is 51.5 Å². The number of ketones is 1. The lowest BCUT2D eigenvalue weighted by atomic mass is 10.0. The molecule has 0 saturated heterocycles. The monoisotopic (exact) mass is 805 g/mol. The molecule has 4 aromatic rings. The molecule has 0 bridgehead atoms. The third-order valence-electron chi connectivity index (χ3n) is 9.09. The molecule has 4 atom stereocenters. The molecule has 0 aliphatic carbocycles. The van der Waals surface area contributed by atoms with Crippen LogP contribution < -0.4 is 32.3 Å². The highest BCUT2D eigenvalue weighted by Gasteiger charge is 2.30. The third-order valence-corrected chi connectivity index (χ3v) is 9.09. The van der Waals surface area contributed by atoms with Crippen molar-refractivity contribution in [1.82, 2.24) is 51.5 Å². The smallest absolute Gasteiger partial charge is 0.326 e. The first kappa shape index (κ1) is 44.3. The van der Waals surface area contributed by atoms with Gasteiger partial charge < -0.3 is 57.5 Å². The predicted molar refractivity (Wildman–Crippen MR) is 210 cm³/mol. The molecule has 4 amide bonds. The lowest BCUT2D eigenvalue weighted by Gasteiger charge is -2.22. The van der Waals surface area contributed by atoms with Crippen LogP contribution in [0.2, 0.25) is 0 Å². The molecule has 4 rings (SSSR count). The number of aromatic amines is 3. The number of carboxylic acids is 2. The summed E-state index contributed by atoms with van der Waals surface area (Å²) in [4.78, 5) is 106. The standard InChI is InChI=1S/C38H51N11O9/c1-19(2)9-22(13-39)46-34(53)30-32(44-17-42-30)36(55)48-26(11-21-14-41-25-8-6-5-7-24(21)25)28(50)16-40-15-23(10-20(3)4)47-35(54)31-33(45-18-43-31)37(56)49-27(38(57)58)12-29(51)52/h5-8,14,17-20,22-23,26-27,40-41H,9-13,15-16,39H2,1-4H3,(H,42,44)(H,43,45)(H,46,53)(H,47,54)(H,48,55)(H,49,56)(H,51,52)(H,57,58)/t22-,23-,26-,27-/m0/s1. The highest BCUT2D eigenvalue weighted by molar-refractivity contribution is 6.07. The zero-order valence-electron chi connectivity index (χ0n) is 32.7. The molecule has 3 heterocycles. The number of hydrogen-bond acceptors (Lipinski definition) is 11. The molecule has 0 unspecified atom stereocenters. The molecule has 20 heteroatoms. The van der Waals surface area contributed by atoms with E-state index in [1.54, 1.807) is 6.20 Å². The summed E-state index contributed by atoms with van der Waals surface area (Å²) in [6, 6.07) is 3.73. The Morgan fingerprint density at radius 2 is 1.28 bits per heavy atom. The van der Waals surface area contributed by atoms with E-state index in [0.717, 1.165) is 22.8 Å². The topological polar surface area (TPSA) is 319 Å². The van der Waals surface area contributed by atoms with Gasteiger partial charge in [0.05, 0.1) is 31.7 Å². The molecule has 58 heavy (non-hydrogen) atoms. The van der Waals surface area contributed by atoms with Crippen molar-refractivity contribution in [2.45, 2.75) is 77.5 Å². The SMILES string of the molecule is CC(C)C[C@@H](CNCC(=O)[C@H](Cc1c[nH]c2ccccc12)NC(=O)c1[nH]cnc1C(=O)N[C@H](CN)CC(C)C)NC(=O)c1nc[nH]c1C(=O)N[C@@H](CC(=O)O)C(=O)O. The highest BCUT2D eigenvalue weighted by Crippen LogP contribution is 2.20. The lowest BCUT2D eigenvalue weighted by Crippen LogP contribution is -2.49. The van der Waals surface area contributed by atoms with Gasteiger partial charge in [-0.15, -0.1) is 0 Å². The number of para-hydroxylation sites is 1. The fourth-order valence-electron chi connectivity index (χ4n) is 6.43. The van der Waals surface area contributed by atoms with E-state index in [1.807, 2.05) is 52.0 Å². The fourth-order valence-corrected chi connectivity index (χ4v) is 6.43. The molecule has 0 aliphatic heterocycles. The van der Waals surface area contributed by atoms with Crippen LogP contribution in [0.5, 0.6) is 0 Å². The Morgan fingerprint density at radius 3 is 1.83 bits per heavy atom. The van der Waals surface area contributed by atoms with Gasteiger partial charge in [-0.3, -0.25) is 28.8 Å². The van der Waals surface area contributed by atoms with Crippen molar-refractivity contribution in [2.24, 2.45) is 17.6 Å². The van der Waals surface area contributed by atoms with E-state index in [9.17, 15) is 38.7 Å². The quantitative estimate of drug-likeness (QED) is 0.0493. The van der Waals surface area contributed by atoms with Crippen molar-refractivity contribution in [3.63, 3.8) is 0 Å². The third kappa shape index (κ3) is 12.3. The molecule has 312 valence electrons. The van der Waals surface area contributed by atoms with Crippen LogP contribution in [0.1, 0.15) is 94.5 Å². The van der Waals surface area contributed by atoms with E-state index >= 15 is 0 Å². The van der Waals surface area contributed by atoms with Crippen molar-refractivity contribution in [1.29, 1.82) is 0 Å². The number of H-pyrrole nitrogens is 3. The van der Waals surface area contributed by atoms with Crippen molar-refractivity contribution in [2.75, 3.05) is 19.6 Å². The minimum Gasteiger partial charge on any atom is -0.481 e. The Bertz CT molecular complexity index is 2090. The van der Waals surface area contributed by atoms with E-state index in [1.165, 1.54) is 6.33 Å². The average molecular weight is 806 g/mol. The first-order chi connectivity index (χ1) is 27.6. The summed E-state index contributed by atoms with van der Waals surface area (Å²) in [5, 5.41) is 32.7. The Kier molecular flexibility index (Phi) is 15.8. The van der Waals surface area contributed by atoms with Gasteiger partial charge in [0.1, 0.15) is 17.4 Å². The van der Waals surface area contributed by atoms with Gasteiger partial charge in [-0.1, -0.05) is 45.9 Å². The number of nitrogens with two attached hydrogens (primary N) is 1. The summed E-state index contributed by atoms with van der Waals surface area (Å²) < 4.78 is 0. The van der Waals surface area contributed by atoms with Gasteiger partial charge in [0, 0.05) is 48.7 Å². The number of nitrogens with zero attached hydrogens (tertiary/aromatic N) is 2. The summed E-state index contributed by atoms with van der Waals surface area (Å²) in [5.74, 6) is -6.24. The van der Waals surface area contributed by atoms with Gasteiger partial charge in [0.15, 0.2) is 17.2 Å². The molecule has 12 N–H and O–H groups in total. The Balaban J connectivity index is 1.47. The number of carbonyl (C=O) groups is 7. The Hall–Kier alpha value is -6.41. The van der Waals surface area contributed by atoms with Gasteiger partial charge >= 0.3 is 11.9 Å². The second-order valence-electron chi connectivity index (χ2n) is 14.7. The zero-order valence-corrected chi connectivity index (χ0v) is 32.7. The summed E-state index contributed by atoms with van der Waals surface area (Å²) >= 11 is 0.